The maximum absolute atomic E-state index is 12.6. The lowest BCUT2D eigenvalue weighted by atomic mass is 10.0. The van der Waals surface area contributed by atoms with E-state index in [9.17, 15) is 13.5 Å². The SMILES string of the molecule is CCCn1cc(S(=O)(=O)N(C)CC2(O)CCCC2)c(N)n1. The summed E-state index contributed by atoms with van der Waals surface area (Å²) in [6, 6.07) is 0. The van der Waals surface area contributed by atoms with E-state index in [2.05, 4.69) is 5.10 Å². The highest BCUT2D eigenvalue weighted by Crippen LogP contribution is 2.31. The smallest absolute Gasteiger partial charge is 0.248 e. The number of nitrogen functional groups attached to an aromatic ring is 1. The number of nitrogens with zero attached hydrogens (tertiary/aromatic N) is 3. The van der Waals surface area contributed by atoms with Crippen molar-refractivity contribution >= 4 is 15.8 Å². The van der Waals surface area contributed by atoms with Gasteiger partial charge in [0, 0.05) is 26.3 Å². The fourth-order valence-electron chi connectivity index (χ4n) is 2.82. The van der Waals surface area contributed by atoms with E-state index in [-0.39, 0.29) is 17.3 Å². The van der Waals surface area contributed by atoms with Gasteiger partial charge in [0.05, 0.1) is 5.60 Å². The van der Waals surface area contributed by atoms with E-state index in [1.807, 2.05) is 6.92 Å². The van der Waals surface area contributed by atoms with Crippen molar-refractivity contribution in [1.29, 1.82) is 0 Å². The largest absolute Gasteiger partial charge is 0.389 e. The summed E-state index contributed by atoms with van der Waals surface area (Å²) >= 11 is 0. The summed E-state index contributed by atoms with van der Waals surface area (Å²) in [6.45, 7) is 2.69. The summed E-state index contributed by atoms with van der Waals surface area (Å²) in [5.74, 6) is 0.00807. The molecule has 7 nitrogen and oxygen atoms in total. The predicted molar refractivity (Wildman–Crippen MR) is 80.2 cm³/mol. The molecular weight excluding hydrogens is 292 g/mol. The van der Waals surface area contributed by atoms with Crippen molar-refractivity contribution in [2.45, 2.75) is 56.1 Å². The van der Waals surface area contributed by atoms with E-state index in [1.54, 1.807) is 4.68 Å². The number of likely N-dealkylation sites (N-methyl/N-ethyl adjacent to an activating group) is 1. The molecule has 1 fully saturated rings. The van der Waals surface area contributed by atoms with Crippen LogP contribution in [-0.4, -0.2) is 46.8 Å². The molecule has 1 saturated carbocycles. The molecule has 1 aromatic rings. The van der Waals surface area contributed by atoms with Crippen LogP contribution in [0.4, 0.5) is 5.82 Å². The Morgan fingerprint density at radius 1 is 1.48 bits per heavy atom. The highest BCUT2D eigenvalue weighted by atomic mass is 32.2. The normalized spacial score (nSPS) is 18.5. The molecule has 0 aromatic carbocycles. The second-order valence-electron chi connectivity index (χ2n) is 5.83. The Kier molecular flexibility index (Phi) is 4.60. The Bertz CT molecular complexity index is 591. The van der Waals surface area contributed by atoms with Gasteiger partial charge in [-0.25, -0.2) is 8.42 Å². The third-order valence-electron chi connectivity index (χ3n) is 3.95. The third-order valence-corrected chi connectivity index (χ3v) is 5.77. The van der Waals surface area contributed by atoms with Crippen molar-refractivity contribution in [3.8, 4) is 0 Å². The fraction of sp³-hybridized carbons (Fsp3) is 0.769. The maximum atomic E-state index is 12.6. The number of nitrogens with two attached hydrogens (primary N) is 1. The van der Waals surface area contributed by atoms with Crippen LogP contribution in [0, 0.1) is 0 Å². The average Bonchev–Trinajstić information content (AvgIpc) is 2.97. The van der Waals surface area contributed by atoms with E-state index in [4.69, 9.17) is 5.73 Å². The van der Waals surface area contributed by atoms with Crippen molar-refractivity contribution in [2.24, 2.45) is 0 Å². The van der Waals surface area contributed by atoms with Crippen LogP contribution in [0.25, 0.3) is 0 Å². The van der Waals surface area contributed by atoms with Gasteiger partial charge in [0.2, 0.25) is 10.0 Å². The van der Waals surface area contributed by atoms with Crippen LogP contribution in [0.1, 0.15) is 39.0 Å². The Balaban J connectivity index is 2.20. The first-order valence-corrected chi connectivity index (χ1v) is 8.74. The first-order chi connectivity index (χ1) is 9.78. The number of sulfonamides is 1. The van der Waals surface area contributed by atoms with Gasteiger partial charge in [0.25, 0.3) is 0 Å². The van der Waals surface area contributed by atoms with E-state index in [0.29, 0.717) is 19.4 Å². The second-order valence-corrected chi connectivity index (χ2v) is 7.85. The maximum Gasteiger partial charge on any atom is 0.248 e. The molecule has 0 aliphatic heterocycles. The highest BCUT2D eigenvalue weighted by molar-refractivity contribution is 7.89. The first kappa shape index (κ1) is 16.3. The molecule has 21 heavy (non-hydrogen) atoms. The number of aryl methyl sites for hydroxylation is 1. The fourth-order valence-corrected chi connectivity index (χ4v) is 4.13. The Morgan fingerprint density at radius 2 is 2.10 bits per heavy atom. The van der Waals surface area contributed by atoms with Crippen LogP contribution >= 0.6 is 0 Å². The van der Waals surface area contributed by atoms with Gasteiger partial charge < -0.3 is 10.8 Å². The summed E-state index contributed by atoms with van der Waals surface area (Å²) in [7, 11) is -2.25. The summed E-state index contributed by atoms with van der Waals surface area (Å²) in [4.78, 5) is 0.0139. The van der Waals surface area contributed by atoms with E-state index < -0.39 is 15.6 Å². The summed E-state index contributed by atoms with van der Waals surface area (Å²) in [5.41, 5.74) is 4.82. The van der Waals surface area contributed by atoms with Gasteiger partial charge in [0.15, 0.2) is 5.82 Å². The average molecular weight is 316 g/mol. The van der Waals surface area contributed by atoms with Crippen molar-refractivity contribution in [3.05, 3.63) is 6.20 Å². The minimum atomic E-state index is -3.73. The van der Waals surface area contributed by atoms with Gasteiger partial charge in [-0.1, -0.05) is 19.8 Å². The summed E-state index contributed by atoms with van der Waals surface area (Å²) < 4.78 is 27.9. The van der Waals surface area contributed by atoms with Gasteiger partial charge in [-0.15, -0.1) is 0 Å². The molecule has 0 bridgehead atoms. The second kappa shape index (κ2) is 5.94. The zero-order chi connectivity index (χ0) is 15.7. The highest BCUT2D eigenvalue weighted by Gasteiger charge is 2.36. The topological polar surface area (TPSA) is 101 Å². The van der Waals surface area contributed by atoms with Crippen molar-refractivity contribution in [2.75, 3.05) is 19.3 Å². The number of anilines is 1. The number of aliphatic hydroxyl groups is 1. The van der Waals surface area contributed by atoms with Crippen LogP contribution in [0.2, 0.25) is 0 Å². The van der Waals surface area contributed by atoms with Crippen molar-refractivity contribution in [1.82, 2.24) is 14.1 Å². The van der Waals surface area contributed by atoms with Gasteiger partial charge in [-0.2, -0.15) is 9.40 Å². The molecule has 0 spiro atoms. The van der Waals surface area contributed by atoms with Crippen LogP contribution in [0.5, 0.6) is 0 Å². The summed E-state index contributed by atoms with van der Waals surface area (Å²) in [5, 5.41) is 14.4. The number of hydrogen-bond donors (Lipinski definition) is 2. The minimum absolute atomic E-state index is 0.00807. The molecule has 3 N–H and O–H groups in total. The molecular formula is C13H24N4O3S. The molecule has 8 heteroatoms. The zero-order valence-corrected chi connectivity index (χ0v) is 13.4. The number of aromatic nitrogens is 2. The molecule has 120 valence electrons. The molecule has 1 aromatic heterocycles. The van der Waals surface area contributed by atoms with Gasteiger partial charge >= 0.3 is 0 Å². The van der Waals surface area contributed by atoms with Gasteiger partial charge in [-0.3, -0.25) is 4.68 Å². The summed E-state index contributed by atoms with van der Waals surface area (Å²) in [6.07, 6.45) is 5.44. The zero-order valence-electron chi connectivity index (χ0n) is 12.6. The lowest BCUT2D eigenvalue weighted by Crippen LogP contribution is -2.42. The Hall–Kier alpha value is -1.12. The lowest BCUT2D eigenvalue weighted by Gasteiger charge is -2.27. The number of hydrogen-bond acceptors (Lipinski definition) is 5. The van der Waals surface area contributed by atoms with Crippen LogP contribution in [-0.2, 0) is 16.6 Å². The molecule has 0 radical (unpaired) electrons. The molecule has 0 saturated heterocycles. The van der Waals surface area contributed by atoms with Gasteiger partial charge in [0.1, 0.15) is 4.90 Å². The Labute approximate surface area is 125 Å². The first-order valence-electron chi connectivity index (χ1n) is 7.30. The number of rotatable bonds is 6. The van der Waals surface area contributed by atoms with E-state index >= 15 is 0 Å². The third kappa shape index (κ3) is 3.38. The standard InChI is InChI=1S/C13H24N4O3S/c1-3-8-17-9-11(12(14)15-17)21(19,20)16(2)10-13(18)6-4-5-7-13/h9,18H,3-8,10H2,1-2H3,(H2,14,15). The molecule has 2 rings (SSSR count). The Morgan fingerprint density at radius 3 is 2.67 bits per heavy atom. The molecule has 0 amide bonds. The van der Waals surface area contributed by atoms with Crippen LogP contribution in [0.3, 0.4) is 0 Å². The molecule has 1 aliphatic rings. The van der Waals surface area contributed by atoms with E-state index in [1.165, 1.54) is 17.5 Å². The van der Waals surface area contributed by atoms with Crippen molar-refractivity contribution < 1.29 is 13.5 Å². The molecule has 0 unspecified atom stereocenters. The molecule has 1 heterocycles. The minimum Gasteiger partial charge on any atom is -0.389 e. The van der Waals surface area contributed by atoms with Crippen molar-refractivity contribution in [3.63, 3.8) is 0 Å². The van der Waals surface area contributed by atoms with Gasteiger partial charge in [-0.05, 0) is 19.3 Å². The molecule has 1 aliphatic carbocycles. The van der Waals surface area contributed by atoms with Crippen LogP contribution < -0.4 is 5.73 Å². The van der Waals surface area contributed by atoms with Crippen LogP contribution in [0.15, 0.2) is 11.1 Å². The quantitative estimate of drug-likeness (QED) is 0.808. The van der Waals surface area contributed by atoms with E-state index in [0.717, 1.165) is 19.3 Å². The predicted octanol–water partition coefficient (Wildman–Crippen LogP) is 0.801. The molecule has 0 atom stereocenters. The monoisotopic (exact) mass is 316 g/mol. The lowest BCUT2D eigenvalue weighted by molar-refractivity contribution is 0.0333.